The first-order valence-electron chi connectivity index (χ1n) is 6.71. The fourth-order valence-electron chi connectivity index (χ4n) is 1.91. The van der Waals surface area contributed by atoms with Gasteiger partial charge in [-0.05, 0) is 33.6 Å². The van der Waals surface area contributed by atoms with Crippen LogP contribution in [0, 0.1) is 11.8 Å². The van der Waals surface area contributed by atoms with Gasteiger partial charge < -0.3 is 20.1 Å². The van der Waals surface area contributed by atoms with Gasteiger partial charge >= 0.3 is 12.1 Å². The maximum atomic E-state index is 11.9. The molecule has 1 rings (SSSR count). The monoisotopic (exact) mass is 282 g/mol. The summed E-state index contributed by atoms with van der Waals surface area (Å²) in [5.74, 6) is 3.47. The summed E-state index contributed by atoms with van der Waals surface area (Å²) in [4.78, 5) is 23.8. The molecule has 6 nitrogen and oxygen atoms in total. The number of nitrogens with zero attached hydrogens (tertiary/aromatic N) is 1. The van der Waals surface area contributed by atoms with Crippen LogP contribution in [-0.4, -0.2) is 53.3 Å². The number of likely N-dealkylation sites (tertiary alicyclic amines) is 1. The van der Waals surface area contributed by atoms with Gasteiger partial charge in [-0.3, -0.25) is 0 Å². The number of carbonyl (C=O) groups excluding carboxylic acids is 1. The first kappa shape index (κ1) is 16.3. The highest BCUT2D eigenvalue weighted by Gasteiger charge is 2.26. The molecule has 2 N–H and O–H groups in total. The Balaban J connectivity index is 2.28. The highest BCUT2D eigenvalue weighted by atomic mass is 16.6. The molecular formula is C14H22N2O4. The Morgan fingerprint density at radius 2 is 1.95 bits per heavy atom. The average Bonchev–Trinajstić information content (AvgIpc) is 2.33. The van der Waals surface area contributed by atoms with Crippen molar-refractivity contribution in [3.05, 3.63) is 0 Å². The third-order valence-electron chi connectivity index (χ3n) is 2.82. The summed E-state index contributed by atoms with van der Waals surface area (Å²) in [5.41, 5.74) is -0.474. The van der Waals surface area contributed by atoms with E-state index in [0.717, 1.165) is 12.8 Å². The number of nitrogens with one attached hydrogen (secondary N) is 1. The molecule has 0 unspecified atom stereocenters. The molecule has 0 aliphatic carbocycles. The van der Waals surface area contributed by atoms with Gasteiger partial charge in [0.05, 0.1) is 6.54 Å². The normalized spacial score (nSPS) is 16.2. The summed E-state index contributed by atoms with van der Waals surface area (Å²) in [7, 11) is 0. The number of hydrogen-bond acceptors (Lipinski definition) is 4. The Morgan fingerprint density at radius 1 is 1.35 bits per heavy atom. The van der Waals surface area contributed by atoms with E-state index in [1.54, 1.807) is 4.90 Å². The first-order valence-corrected chi connectivity index (χ1v) is 6.71. The van der Waals surface area contributed by atoms with Crippen molar-refractivity contribution in [2.24, 2.45) is 0 Å². The highest BCUT2D eigenvalue weighted by Crippen LogP contribution is 2.15. The van der Waals surface area contributed by atoms with Crippen LogP contribution in [0.25, 0.3) is 0 Å². The van der Waals surface area contributed by atoms with Crippen molar-refractivity contribution in [2.45, 2.75) is 45.3 Å². The Morgan fingerprint density at radius 3 is 2.45 bits per heavy atom. The standard InChI is InChI=1S/C14H22N2O4/c1-14(2,3)20-13(19)16-9-6-11(7-10-16)15-8-4-5-12(17)18/h11,15H,6-10H2,1-3H3,(H,17,18). The summed E-state index contributed by atoms with van der Waals surface area (Å²) < 4.78 is 5.32. The van der Waals surface area contributed by atoms with Gasteiger partial charge in [-0.2, -0.15) is 0 Å². The van der Waals surface area contributed by atoms with Crippen molar-refractivity contribution in [1.82, 2.24) is 10.2 Å². The smallest absolute Gasteiger partial charge is 0.410 e. The summed E-state index contributed by atoms with van der Waals surface area (Å²) in [5, 5.41) is 11.5. The van der Waals surface area contributed by atoms with Crippen LogP contribution in [0.1, 0.15) is 33.6 Å². The lowest BCUT2D eigenvalue weighted by Gasteiger charge is -2.33. The zero-order valence-corrected chi connectivity index (χ0v) is 12.2. The third-order valence-corrected chi connectivity index (χ3v) is 2.82. The molecule has 0 aromatic rings. The largest absolute Gasteiger partial charge is 0.472 e. The Kier molecular flexibility index (Phi) is 5.83. The van der Waals surface area contributed by atoms with Crippen molar-refractivity contribution >= 4 is 12.1 Å². The summed E-state index contributed by atoms with van der Waals surface area (Å²) >= 11 is 0. The van der Waals surface area contributed by atoms with Crippen LogP contribution in [-0.2, 0) is 9.53 Å². The molecule has 0 radical (unpaired) electrons. The lowest BCUT2D eigenvalue weighted by Crippen LogP contribution is -2.46. The minimum absolute atomic E-state index is 0.261. The van der Waals surface area contributed by atoms with Crippen LogP contribution < -0.4 is 5.32 Å². The highest BCUT2D eigenvalue weighted by molar-refractivity contribution is 5.86. The summed E-state index contributed by atoms with van der Waals surface area (Å²) in [6.45, 7) is 7.17. The SMILES string of the molecule is CC(C)(C)OC(=O)N1CCC(NCC#CC(=O)O)CC1. The molecule has 0 aromatic carbocycles. The van der Waals surface area contributed by atoms with Crippen LogP contribution in [0.4, 0.5) is 4.79 Å². The number of carboxylic acids is 1. The number of rotatable bonds is 2. The topological polar surface area (TPSA) is 78.9 Å². The number of amides is 1. The fraction of sp³-hybridized carbons (Fsp3) is 0.714. The number of piperidine rings is 1. The third kappa shape index (κ3) is 6.43. The minimum atomic E-state index is -1.12. The zero-order chi connectivity index (χ0) is 15.2. The molecule has 1 saturated heterocycles. The quantitative estimate of drug-likeness (QED) is 0.741. The van der Waals surface area contributed by atoms with Gasteiger partial charge in [-0.25, -0.2) is 9.59 Å². The van der Waals surface area contributed by atoms with Crippen LogP contribution >= 0.6 is 0 Å². The molecule has 20 heavy (non-hydrogen) atoms. The number of aliphatic carboxylic acids is 1. The van der Waals surface area contributed by atoms with E-state index in [1.807, 2.05) is 20.8 Å². The number of carboxylic acid groups (broad SMARTS) is 1. The average molecular weight is 282 g/mol. The molecule has 0 aromatic heterocycles. The lowest BCUT2D eigenvalue weighted by atomic mass is 10.1. The van der Waals surface area contributed by atoms with E-state index < -0.39 is 11.6 Å². The van der Waals surface area contributed by atoms with Crippen molar-refractivity contribution in [3.63, 3.8) is 0 Å². The second-order valence-electron chi connectivity index (χ2n) is 5.73. The Labute approximate surface area is 119 Å². The van der Waals surface area contributed by atoms with Gasteiger partial charge in [0.1, 0.15) is 5.60 Å². The van der Waals surface area contributed by atoms with E-state index in [1.165, 1.54) is 0 Å². The Bertz CT molecular complexity index is 409. The van der Waals surface area contributed by atoms with Gasteiger partial charge in [-0.1, -0.05) is 5.92 Å². The fourth-order valence-corrected chi connectivity index (χ4v) is 1.91. The molecule has 0 bridgehead atoms. The molecular weight excluding hydrogens is 260 g/mol. The maximum absolute atomic E-state index is 11.9. The van der Waals surface area contributed by atoms with Crippen molar-refractivity contribution < 1.29 is 19.4 Å². The second-order valence-corrected chi connectivity index (χ2v) is 5.73. The molecule has 0 atom stereocenters. The van der Waals surface area contributed by atoms with Crippen LogP contribution in [0.5, 0.6) is 0 Å². The molecule has 0 saturated carbocycles. The van der Waals surface area contributed by atoms with E-state index in [0.29, 0.717) is 19.6 Å². The number of carbonyl (C=O) groups is 2. The molecule has 112 valence electrons. The lowest BCUT2D eigenvalue weighted by molar-refractivity contribution is -0.130. The van der Waals surface area contributed by atoms with Crippen LogP contribution in [0.15, 0.2) is 0 Å². The van der Waals surface area contributed by atoms with E-state index in [-0.39, 0.29) is 12.1 Å². The predicted octanol–water partition coefficient (Wildman–Crippen LogP) is 1.06. The van der Waals surface area contributed by atoms with Crippen LogP contribution in [0.2, 0.25) is 0 Å². The van der Waals surface area contributed by atoms with E-state index in [9.17, 15) is 9.59 Å². The van der Waals surface area contributed by atoms with E-state index in [2.05, 4.69) is 17.2 Å². The Hall–Kier alpha value is -1.74. The molecule has 1 fully saturated rings. The zero-order valence-electron chi connectivity index (χ0n) is 12.2. The maximum Gasteiger partial charge on any atom is 0.410 e. The predicted molar refractivity (Wildman–Crippen MR) is 74.2 cm³/mol. The van der Waals surface area contributed by atoms with Crippen molar-refractivity contribution in [2.75, 3.05) is 19.6 Å². The molecule has 0 spiro atoms. The van der Waals surface area contributed by atoms with E-state index in [4.69, 9.17) is 9.84 Å². The second kappa shape index (κ2) is 7.15. The van der Waals surface area contributed by atoms with Gasteiger partial charge in [0.15, 0.2) is 0 Å². The first-order chi connectivity index (χ1) is 9.28. The number of ether oxygens (including phenoxy) is 1. The van der Waals surface area contributed by atoms with Gasteiger partial charge in [-0.15, -0.1) is 0 Å². The van der Waals surface area contributed by atoms with Gasteiger partial charge in [0.25, 0.3) is 0 Å². The molecule has 1 amide bonds. The van der Waals surface area contributed by atoms with Gasteiger partial charge in [0.2, 0.25) is 0 Å². The summed E-state index contributed by atoms with van der Waals surface area (Å²) in [6.07, 6.45) is 1.35. The van der Waals surface area contributed by atoms with Crippen molar-refractivity contribution in [1.29, 1.82) is 0 Å². The van der Waals surface area contributed by atoms with Gasteiger partial charge in [0, 0.05) is 25.1 Å². The minimum Gasteiger partial charge on any atom is -0.472 e. The molecule has 1 aliphatic heterocycles. The van der Waals surface area contributed by atoms with Crippen molar-refractivity contribution in [3.8, 4) is 11.8 Å². The molecule has 1 heterocycles. The molecule has 6 heteroatoms. The summed E-state index contributed by atoms with van der Waals surface area (Å²) in [6, 6.07) is 0.261. The van der Waals surface area contributed by atoms with Crippen LogP contribution in [0.3, 0.4) is 0 Å². The number of hydrogen-bond donors (Lipinski definition) is 2. The van der Waals surface area contributed by atoms with E-state index >= 15 is 0 Å². The molecule has 1 aliphatic rings.